The average molecular weight is 757 g/mol. The number of hydrogen-bond donors (Lipinski definition) is 1. The Bertz CT molecular complexity index is 1710. The molecule has 10 heteroatoms. The zero-order valence-electron chi connectivity index (χ0n) is 33.1. The molecule has 1 N–H and O–H groups in total. The number of fused-ring (bicyclic) bond motifs is 2. The quantitative estimate of drug-likeness (QED) is 0.181. The standard InChI is InChI=1S/C16H21N3O.C14H12ClN.C12H22N2O2.C2H6/c1-14-11-19(15(2)17-14)10-6-9-18(13-20)12-16-7-4-3-5-8-16;15-13-6-5-12-9-14-10(2-1-7-16-14)3-4-11(12)8-13;1-10-9-13-7-8-14(10)12(15)16-11-5-3-2-4-6-11;1-2/h3-5,7-8,11,13H,6,9-10,12H2,1-2H3;1-2,5-8H,3-4,9H2;10-11,13H,2-9H2,1H3;1-2H3. The highest BCUT2D eigenvalue weighted by Gasteiger charge is 2.27. The molecule has 3 aliphatic rings. The van der Waals surface area contributed by atoms with Crippen LogP contribution in [0.2, 0.25) is 5.02 Å². The number of pyridine rings is 1. The van der Waals surface area contributed by atoms with Crippen LogP contribution >= 0.6 is 11.6 Å². The van der Waals surface area contributed by atoms with Gasteiger partial charge in [-0.1, -0.05) is 74.3 Å². The van der Waals surface area contributed by atoms with Gasteiger partial charge in [0.2, 0.25) is 6.41 Å². The van der Waals surface area contributed by atoms with Crippen LogP contribution in [-0.4, -0.2) is 75.2 Å². The summed E-state index contributed by atoms with van der Waals surface area (Å²) >= 11 is 6.03. The second kappa shape index (κ2) is 22.9. The number of rotatable bonds is 8. The minimum atomic E-state index is -0.110. The molecule has 9 nitrogen and oxygen atoms in total. The number of nitrogens with one attached hydrogen (secondary N) is 1. The lowest BCUT2D eigenvalue weighted by Gasteiger charge is -2.34. The van der Waals surface area contributed by atoms with E-state index in [9.17, 15) is 9.59 Å². The summed E-state index contributed by atoms with van der Waals surface area (Å²) in [4.78, 5) is 35.6. The molecule has 3 heterocycles. The third-order valence-corrected chi connectivity index (χ3v) is 10.3. The number of piperazine rings is 1. The van der Waals surface area contributed by atoms with Gasteiger partial charge in [0.25, 0.3) is 0 Å². The van der Waals surface area contributed by atoms with Crippen LogP contribution in [0.5, 0.6) is 0 Å². The van der Waals surface area contributed by atoms with E-state index in [0.717, 1.165) is 99.8 Å². The fraction of sp³-hybridized carbons (Fsp3) is 0.500. The van der Waals surface area contributed by atoms with Gasteiger partial charge >= 0.3 is 6.09 Å². The summed E-state index contributed by atoms with van der Waals surface area (Å²) in [6.45, 7) is 14.9. The molecule has 0 bridgehead atoms. The molecule has 1 saturated heterocycles. The lowest BCUT2D eigenvalue weighted by Crippen LogP contribution is -2.52. The highest BCUT2D eigenvalue weighted by molar-refractivity contribution is 6.30. The zero-order chi connectivity index (χ0) is 38.7. The molecule has 1 atom stereocenters. The van der Waals surface area contributed by atoms with Crippen LogP contribution in [0.1, 0.15) is 98.8 Å². The number of nitrogens with zero attached hydrogens (tertiary/aromatic N) is 5. The molecule has 0 spiro atoms. The monoisotopic (exact) mass is 756 g/mol. The van der Waals surface area contributed by atoms with Crippen LogP contribution < -0.4 is 5.32 Å². The lowest BCUT2D eigenvalue weighted by molar-refractivity contribution is -0.118. The molecule has 2 aromatic heterocycles. The second-order valence-electron chi connectivity index (χ2n) is 14.1. The molecule has 7 rings (SSSR count). The highest BCUT2D eigenvalue weighted by Crippen LogP contribution is 2.25. The summed E-state index contributed by atoms with van der Waals surface area (Å²) in [5.41, 5.74) is 7.51. The Morgan fingerprint density at radius 3 is 2.46 bits per heavy atom. The molecular formula is C44H61ClN6O3. The second-order valence-corrected chi connectivity index (χ2v) is 14.6. The molecule has 2 aromatic carbocycles. The van der Waals surface area contributed by atoms with Crippen molar-refractivity contribution >= 4 is 24.1 Å². The first-order chi connectivity index (χ1) is 26.3. The number of benzene rings is 2. The minimum Gasteiger partial charge on any atom is -0.446 e. The van der Waals surface area contributed by atoms with E-state index in [0.29, 0.717) is 6.54 Å². The Hall–Kier alpha value is -4.21. The number of aromatic nitrogens is 3. The van der Waals surface area contributed by atoms with Gasteiger partial charge in [0.15, 0.2) is 0 Å². The summed E-state index contributed by atoms with van der Waals surface area (Å²) in [7, 11) is 0. The highest BCUT2D eigenvalue weighted by atomic mass is 35.5. The van der Waals surface area contributed by atoms with E-state index in [2.05, 4.69) is 51.2 Å². The van der Waals surface area contributed by atoms with Gasteiger partial charge in [-0.25, -0.2) is 9.78 Å². The van der Waals surface area contributed by atoms with E-state index in [1.807, 2.05) is 86.2 Å². The van der Waals surface area contributed by atoms with E-state index in [1.165, 1.54) is 41.6 Å². The number of ether oxygens (including phenoxy) is 1. The molecule has 0 radical (unpaired) electrons. The van der Waals surface area contributed by atoms with E-state index >= 15 is 0 Å². The summed E-state index contributed by atoms with van der Waals surface area (Å²) in [5.74, 6) is 1.03. The van der Waals surface area contributed by atoms with Crippen LogP contribution in [0.4, 0.5) is 4.79 Å². The normalized spacial score (nSPS) is 16.3. The van der Waals surface area contributed by atoms with Crippen molar-refractivity contribution in [2.45, 2.75) is 118 Å². The van der Waals surface area contributed by atoms with Crippen molar-refractivity contribution in [3.63, 3.8) is 0 Å². The number of amides is 2. The molecule has 1 unspecified atom stereocenters. The number of imidazole rings is 1. The van der Waals surface area contributed by atoms with Crippen molar-refractivity contribution in [3.8, 4) is 0 Å². The fourth-order valence-electron chi connectivity index (χ4n) is 7.14. The van der Waals surface area contributed by atoms with Crippen molar-refractivity contribution < 1.29 is 14.3 Å². The smallest absolute Gasteiger partial charge is 0.410 e. The lowest BCUT2D eigenvalue weighted by atomic mass is 9.98. The van der Waals surface area contributed by atoms with Gasteiger partial charge < -0.3 is 24.4 Å². The summed E-state index contributed by atoms with van der Waals surface area (Å²) in [6, 6.07) is 20.7. The first kappa shape index (κ1) is 42.5. The van der Waals surface area contributed by atoms with Gasteiger partial charge in [0.1, 0.15) is 11.9 Å². The molecule has 2 amide bonds. The van der Waals surface area contributed by atoms with Crippen molar-refractivity contribution in [1.82, 2.24) is 29.7 Å². The van der Waals surface area contributed by atoms with Gasteiger partial charge in [-0.3, -0.25) is 9.78 Å². The Kier molecular flexibility index (Phi) is 18.0. The number of carbonyl (C=O) groups excluding carboxylic acids is 2. The van der Waals surface area contributed by atoms with E-state index < -0.39 is 0 Å². The van der Waals surface area contributed by atoms with Gasteiger partial charge in [0.05, 0.1) is 5.69 Å². The average Bonchev–Trinajstić information content (AvgIpc) is 3.40. The van der Waals surface area contributed by atoms with Crippen LogP contribution in [0.3, 0.4) is 0 Å². The largest absolute Gasteiger partial charge is 0.446 e. The summed E-state index contributed by atoms with van der Waals surface area (Å²) in [6.07, 6.45) is 14.7. The molecule has 4 aromatic rings. The van der Waals surface area contributed by atoms with E-state index in [-0.39, 0.29) is 18.2 Å². The maximum absolute atomic E-state index is 12.0. The van der Waals surface area contributed by atoms with Crippen molar-refractivity contribution in [1.29, 1.82) is 0 Å². The molecule has 1 saturated carbocycles. The minimum absolute atomic E-state index is 0.110. The maximum atomic E-state index is 12.0. The third-order valence-electron chi connectivity index (χ3n) is 10.0. The predicted octanol–water partition coefficient (Wildman–Crippen LogP) is 8.75. The number of carbonyl (C=O) groups is 2. The van der Waals surface area contributed by atoms with Crippen LogP contribution in [0.25, 0.3) is 0 Å². The summed E-state index contributed by atoms with van der Waals surface area (Å²) in [5, 5.41) is 4.10. The van der Waals surface area contributed by atoms with Crippen LogP contribution in [0, 0.1) is 13.8 Å². The van der Waals surface area contributed by atoms with Crippen molar-refractivity contribution in [2.24, 2.45) is 0 Å². The Balaban J connectivity index is 0.000000178. The topological polar surface area (TPSA) is 92.6 Å². The van der Waals surface area contributed by atoms with E-state index in [1.54, 1.807) is 0 Å². The number of aryl methyl sites for hydroxylation is 5. The fourth-order valence-corrected chi connectivity index (χ4v) is 7.33. The third kappa shape index (κ3) is 13.6. The molecule has 2 fully saturated rings. The van der Waals surface area contributed by atoms with Crippen molar-refractivity contribution in [3.05, 3.63) is 118 Å². The van der Waals surface area contributed by atoms with Crippen molar-refractivity contribution in [2.75, 3.05) is 26.2 Å². The predicted molar refractivity (Wildman–Crippen MR) is 219 cm³/mol. The Labute approximate surface area is 328 Å². The first-order valence-electron chi connectivity index (χ1n) is 19.9. The Morgan fingerprint density at radius 1 is 1.00 bits per heavy atom. The SMILES string of the molecule is CC.CC1CNCCN1C(=O)OC1CCCCC1.Cc1cn(CCCN(C=O)Cc2ccccc2)c(C)n1.Clc1ccc2c(c1)CCc1cccnc1C2. The molecule has 54 heavy (non-hydrogen) atoms. The molecule has 292 valence electrons. The first-order valence-corrected chi connectivity index (χ1v) is 20.3. The maximum Gasteiger partial charge on any atom is 0.410 e. The van der Waals surface area contributed by atoms with Gasteiger partial charge in [-0.05, 0) is 106 Å². The number of halogens is 1. The molecule has 1 aliphatic heterocycles. The van der Waals surface area contributed by atoms with Gasteiger partial charge in [-0.2, -0.15) is 0 Å². The zero-order valence-corrected chi connectivity index (χ0v) is 33.9. The Morgan fingerprint density at radius 2 is 1.76 bits per heavy atom. The number of hydrogen-bond acceptors (Lipinski definition) is 6. The van der Waals surface area contributed by atoms with E-state index in [4.69, 9.17) is 16.3 Å². The van der Waals surface area contributed by atoms with Gasteiger partial charge in [-0.15, -0.1) is 0 Å². The molecular weight excluding hydrogens is 696 g/mol. The van der Waals surface area contributed by atoms with Gasteiger partial charge in [0, 0.05) is 74.8 Å². The van der Waals surface area contributed by atoms with Crippen LogP contribution in [-0.2, 0) is 41.9 Å². The van der Waals surface area contributed by atoms with Crippen LogP contribution in [0.15, 0.2) is 73.1 Å². The molecule has 2 aliphatic carbocycles. The summed E-state index contributed by atoms with van der Waals surface area (Å²) < 4.78 is 7.70.